The first kappa shape index (κ1) is 21.2. The molecule has 1 N–H and O–H groups in total. The number of ether oxygens (including phenoxy) is 1. The van der Waals surface area contributed by atoms with Gasteiger partial charge in [-0.05, 0) is 44.0 Å². The number of hydrogen-bond donors (Lipinski definition) is 1. The van der Waals surface area contributed by atoms with Gasteiger partial charge in [-0.15, -0.1) is 10.2 Å². The molecule has 1 aliphatic rings. The van der Waals surface area contributed by atoms with E-state index in [0.717, 1.165) is 30.8 Å². The zero-order valence-corrected chi connectivity index (χ0v) is 18.6. The van der Waals surface area contributed by atoms with Crippen molar-refractivity contribution in [3.8, 4) is 11.4 Å². The minimum absolute atomic E-state index is 0.108. The molecule has 1 fully saturated rings. The normalized spacial score (nSPS) is 16.2. The molecular weight excluding hydrogens is 447 g/mol. The molecule has 7 nitrogen and oxygen atoms in total. The molecule has 30 heavy (non-hydrogen) atoms. The Labute approximate surface area is 188 Å². The predicted molar refractivity (Wildman–Crippen MR) is 117 cm³/mol. The van der Waals surface area contributed by atoms with E-state index in [0.29, 0.717) is 33.3 Å². The molecule has 1 saturated heterocycles. The van der Waals surface area contributed by atoms with Crippen LogP contribution in [0.3, 0.4) is 0 Å². The Bertz CT molecular complexity index is 1050. The number of nitrogens with one attached hydrogen (secondary N) is 1. The Morgan fingerprint density at radius 1 is 1.30 bits per heavy atom. The minimum atomic E-state index is -0.175. The lowest BCUT2D eigenvalue weighted by atomic mass is 10.2. The lowest BCUT2D eigenvalue weighted by Crippen LogP contribution is -2.18. The topological polar surface area (TPSA) is 82.2 Å². The van der Waals surface area contributed by atoms with Crippen LogP contribution in [0.2, 0.25) is 10.0 Å². The molecule has 3 heterocycles. The van der Waals surface area contributed by atoms with Crippen LogP contribution >= 0.6 is 35.0 Å². The number of anilines is 1. The van der Waals surface area contributed by atoms with Gasteiger partial charge in [-0.2, -0.15) is 0 Å². The summed E-state index contributed by atoms with van der Waals surface area (Å²) in [5.74, 6) is 1.48. The summed E-state index contributed by atoms with van der Waals surface area (Å²) in [4.78, 5) is 12.4. The highest BCUT2D eigenvalue weighted by Crippen LogP contribution is 2.29. The summed E-state index contributed by atoms with van der Waals surface area (Å²) in [5, 5.41) is 13.0. The molecular formula is C20H20Cl2N4O3S. The van der Waals surface area contributed by atoms with Gasteiger partial charge in [-0.3, -0.25) is 9.36 Å². The van der Waals surface area contributed by atoms with Crippen LogP contribution in [-0.4, -0.2) is 39.1 Å². The molecule has 1 aliphatic heterocycles. The average Bonchev–Trinajstić information content (AvgIpc) is 3.46. The second-order valence-electron chi connectivity index (χ2n) is 6.91. The van der Waals surface area contributed by atoms with Crippen molar-refractivity contribution >= 4 is 46.6 Å². The number of nitrogens with zero attached hydrogens (tertiary/aromatic N) is 3. The van der Waals surface area contributed by atoms with Crippen molar-refractivity contribution in [3.63, 3.8) is 0 Å². The van der Waals surface area contributed by atoms with Crippen molar-refractivity contribution in [2.24, 2.45) is 0 Å². The van der Waals surface area contributed by atoms with Gasteiger partial charge < -0.3 is 14.5 Å². The Kier molecular flexibility index (Phi) is 6.67. The number of aryl methyl sites for hydroxylation is 1. The van der Waals surface area contributed by atoms with Crippen LogP contribution in [0.1, 0.15) is 18.6 Å². The summed E-state index contributed by atoms with van der Waals surface area (Å²) in [6, 6.07) is 6.84. The molecule has 3 aromatic rings. The van der Waals surface area contributed by atoms with E-state index in [9.17, 15) is 4.79 Å². The number of amides is 1. The quantitative estimate of drug-likeness (QED) is 0.489. The standard InChI is InChI=1S/C20H20Cl2N4O3S/c1-12-15(6-8-28-12)19-24-25-20(26(19)10-14-3-2-7-29-14)30-11-18(27)23-13-4-5-16(21)17(22)9-13/h4-6,8-9,14H,2-3,7,10-11H2,1H3,(H,23,27). The van der Waals surface area contributed by atoms with Crippen molar-refractivity contribution in [1.82, 2.24) is 14.8 Å². The Morgan fingerprint density at radius 2 is 2.17 bits per heavy atom. The van der Waals surface area contributed by atoms with Crippen molar-refractivity contribution in [1.29, 1.82) is 0 Å². The zero-order chi connectivity index (χ0) is 21.1. The fraction of sp³-hybridized carbons (Fsp3) is 0.350. The Morgan fingerprint density at radius 3 is 2.87 bits per heavy atom. The predicted octanol–water partition coefficient (Wildman–Crippen LogP) is 5.06. The van der Waals surface area contributed by atoms with E-state index < -0.39 is 0 Å². The van der Waals surface area contributed by atoms with Crippen LogP contribution in [0.5, 0.6) is 0 Å². The number of aromatic nitrogens is 3. The molecule has 1 atom stereocenters. The number of rotatable bonds is 7. The molecule has 2 aromatic heterocycles. The molecule has 0 radical (unpaired) electrons. The first-order valence-corrected chi connectivity index (χ1v) is 11.2. The molecule has 0 spiro atoms. The summed E-state index contributed by atoms with van der Waals surface area (Å²) in [6.45, 7) is 3.28. The first-order chi connectivity index (χ1) is 14.5. The fourth-order valence-corrected chi connectivity index (χ4v) is 4.32. The third kappa shape index (κ3) is 4.83. The number of hydrogen-bond acceptors (Lipinski definition) is 6. The van der Waals surface area contributed by atoms with Gasteiger partial charge in [-0.1, -0.05) is 35.0 Å². The molecule has 158 valence electrons. The molecule has 0 saturated carbocycles. The van der Waals surface area contributed by atoms with Crippen LogP contribution in [-0.2, 0) is 16.1 Å². The lowest BCUT2D eigenvalue weighted by Gasteiger charge is -2.14. The number of carbonyl (C=O) groups excluding carboxylic acids is 1. The summed E-state index contributed by atoms with van der Waals surface area (Å²) in [5.41, 5.74) is 1.47. The maximum Gasteiger partial charge on any atom is 0.234 e. The smallest absolute Gasteiger partial charge is 0.234 e. The monoisotopic (exact) mass is 466 g/mol. The number of thioether (sulfide) groups is 1. The van der Waals surface area contributed by atoms with Crippen molar-refractivity contribution in [2.75, 3.05) is 17.7 Å². The Balaban J connectivity index is 1.48. The number of carbonyl (C=O) groups is 1. The summed E-state index contributed by atoms with van der Waals surface area (Å²) >= 11 is 13.2. The largest absolute Gasteiger partial charge is 0.469 e. The van der Waals surface area contributed by atoms with Gasteiger partial charge in [0.15, 0.2) is 11.0 Å². The van der Waals surface area contributed by atoms with Gasteiger partial charge in [0.25, 0.3) is 0 Å². The van der Waals surface area contributed by atoms with Crippen LogP contribution < -0.4 is 5.32 Å². The summed E-state index contributed by atoms with van der Waals surface area (Å²) < 4.78 is 13.2. The second-order valence-corrected chi connectivity index (χ2v) is 8.66. The van der Waals surface area contributed by atoms with Gasteiger partial charge in [-0.25, -0.2) is 0 Å². The molecule has 10 heteroatoms. The van der Waals surface area contributed by atoms with Crippen molar-refractivity contribution < 1.29 is 13.9 Å². The molecule has 1 aromatic carbocycles. The third-order valence-corrected chi connectivity index (χ3v) is 6.47. The molecule has 1 unspecified atom stereocenters. The molecule has 1 amide bonds. The minimum Gasteiger partial charge on any atom is -0.469 e. The first-order valence-electron chi connectivity index (χ1n) is 9.48. The highest BCUT2D eigenvalue weighted by atomic mass is 35.5. The lowest BCUT2D eigenvalue weighted by molar-refractivity contribution is -0.113. The molecule has 4 rings (SSSR count). The number of furan rings is 1. The van der Waals surface area contributed by atoms with Crippen LogP contribution in [0, 0.1) is 6.92 Å². The number of benzene rings is 1. The second kappa shape index (κ2) is 9.43. The van der Waals surface area contributed by atoms with Crippen LogP contribution in [0.25, 0.3) is 11.4 Å². The van der Waals surface area contributed by atoms with Crippen molar-refractivity contribution in [3.05, 3.63) is 46.3 Å². The van der Waals surface area contributed by atoms with Gasteiger partial charge in [0.05, 0.1) is 40.3 Å². The highest BCUT2D eigenvalue weighted by molar-refractivity contribution is 7.99. The van der Waals surface area contributed by atoms with E-state index in [4.69, 9.17) is 32.4 Å². The van der Waals surface area contributed by atoms with Crippen molar-refractivity contribution in [2.45, 2.75) is 37.6 Å². The van der Waals surface area contributed by atoms with E-state index in [2.05, 4.69) is 15.5 Å². The van der Waals surface area contributed by atoms with Crippen LogP contribution in [0.4, 0.5) is 5.69 Å². The van der Waals surface area contributed by atoms with Gasteiger partial charge in [0, 0.05) is 12.3 Å². The fourth-order valence-electron chi connectivity index (χ4n) is 3.27. The van der Waals surface area contributed by atoms with E-state index in [-0.39, 0.29) is 17.8 Å². The SMILES string of the molecule is Cc1occc1-c1nnc(SCC(=O)Nc2ccc(Cl)c(Cl)c2)n1CC1CCCO1. The maximum atomic E-state index is 12.4. The van der Waals surface area contributed by atoms with E-state index in [1.165, 1.54) is 11.8 Å². The van der Waals surface area contributed by atoms with Gasteiger partial charge >= 0.3 is 0 Å². The van der Waals surface area contributed by atoms with E-state index >= 15 is 0 Å². The van der Waals surface area contributed by atoms with Gasteiger partial charge in [0.1, 0.15) is 5.76 Å². The molecule has 0 bridgehead atoms. The van der Waals surface area contributed by atoms with E-state index in [1.54, 1.807) is 24.5 Å². The maximum absolute atomic E-state index is 12.4. The summed E-state index contributed by atoms with van der Waals surface area (Å²) in [6.07, 6.45) is 3.77. The third-order valence-electron chi connectivity index (χ3n) is 4.76. The van der Waals surface area contributed by atoms with Crippen LogP contribution in [0.15, 0.2) is 40.1 Å². The molecule has 0 aliphatic carbocycles. The zero-order valence-electron chi connectivity index (χ0n) is 16.2. The highest BCUT2D eigenvalue weighted by Gasteiger charge is 2.23. The van der Waals surface area contributed by atoms with E-state index in [1.807, 2.05) is 17.6 Å². The van der Waals surface area contributed by atoms with Gasteiger partial charge in [0.2, 0.25) is 5.91 Å². The average molecular weight is 467 g/mol. The Hall–Kier alpha value is -2.00. The number of halogens is 2. The summed E-state index contributed by atoms with van der Waals surface area (Å²) in [7, 11) is 0.